The molecule has 184 valence electrons. The van der Waals surface area contributed by atoms with E-state index in [1.165, 1.54) is 26.4 Å². The van der Waals surface area contributed by atoms with E-state index in [9.17, 15) is 14.4 Å². The molecule has 0 saturated carbocycles. The van der Waals surface area contributed by atoms with Gasteiger partial charge in [0.15, 0.2) is 5.75 Å². The number of primary amides is 1. The number of carbonyl (C=O) groups excluding carboxylic acids is 3. The standard InChI is InChI=1S/C25H26ClN3O6/c1-12-8-14(28-13-6-7-16(29(2)3)15(9-13)24(27)32)10-19(30)25(12)23(31)20-17(33-4)11-18(34-5)21(26)22(20)35-25/h6-7,9-12,28H,8H2,1-5H3,(H2,27,32). The van der Waals surface area contributed by atoms with Gasteiger partial charge in [0.25, 0.3) is 5.91 Å². The van der Waals surface area contributed by atoms with Crippen LogP contribution in [0.25, 0.3) is 0 Å². The number of nitrogens with one attached hydrogen (secondary N) is 1. The number of fused-ring (bicyclic) bond motifs is 1. The molecule has 1 amide bonds. The number of allylic oxidation sites excluding steroid dienone is 1. The number of benzene rings is 2. The lowest BCUT2D eigenvalue weighted by atomic mass is 9.74. The molecule has 1 heterocycles. The number of hydrogen-bond acceptors (Lipinski definition) is 8. The van der Waals surface area contributed by atoms with E-state index in [1.807, 2.05) is 14.1 Å². The van der Waals surface area contributed by atoms with Crippen molar-refractivity contribution in [3.8, 4) is 17.2 Å². The summed E-state index contributed by atoms with van der Waals surface area (Å²) in [5.41, 5.74) is 6.08. The monoisotopic (exact) mass is 499 g/mol. The van der Waals surface area contributed by atoms with Crippen LogP contribution in [-0.4, -0.2) is 51.4 Å². The quantitative estimate of drug-likeness (QED) is 0.580. The van der Waals surface area contributed by atoms with Gasteiger partial charge in [-0.25, -0.2) is 0 Å². The molecule has 4 rings (SSSR count). The molecule has 2 aromatic carbocycles. The fourth-order valence-corrected chi connectivity index (χ4v) is 4.87. The minimum Gasteiger partial charge on any atom is -0.496 e. The van der Waals surface area contributed by atoms with Crippen molar-refractivity contribution in [3.63, 3.8) is 0 Å². The van der Waals surface area contributed by atoms with Crippen LogP contribution in [0.4, 0.5) is 11.4 Å². The second-order valence-electron chi connectivity index (χ2n) is 8.72. The van der Waals surface area contributed by atoms with Crippen molar-refractivity contribution in [1.82, 2.24) is 0 Å². The number of halogens is 1. The number of carbonyl (C=O) groups is 3. The predicted molar refractivity (Wildman–Crippen MR) is 132 cm³/mol. The van der Waals surface area contributed by atoms with E-state index in [1.54, 1.807) is 30.0 Å². The zero-order valence-corrected chi connectivity index (χ0v) is 20.8. The molecule has 1 spiro atoms. The van der Waals surface area contributed by atoms with Crippen molar-refractivity contribution in [1.29, 1.82) is 0 Å². The zero-order valence-electron chi connectivity index (χ0n) is 20.0. The van der Waals surface area contributed by atoms with Crippen LogP contribution >= 0.6 is 11.6 Å². The highest BCUT2D eigenvalue weighted by Gasteiger charge is 2.60. The smallest absolute Gasteiger partial charge is 0.250 e. The molecular weight excluding hydrogens is 474 g/mol. The Kier molecular flexibility index (Phi) is 6.14. The summed E-state index contributed by atoms with van der Waals surface area (Å²) in [5, 5.41) is 3.27. The van der Waals surface area contributed by atoms with Gasteiger partial charge in [-0.1, -0.05) is 18.5 Å². The van der Waals surface area contributed by atoms with Gasteiger partial charge in [0.2, 0.25) is 17.2 Å². The van der Waals surface area contributed by atoms with Crippen LogP contribution in [0.1, 0.15) is 34.1 Å². The van der Waals surface area contributed by atoms with Crippen molar-refractivity contribution < 1.29 is 28.6 Å². The van der Waals surface area contributed by atoms with E-state index in [2.05, 4.69) is 5.32 Å². The Morgan fingerprint density at radius 2 is 1.89 bits per heavy atom. The normalized spacial score (nSPS) is 20.7. The number of rotatable bonds is 6. The molecule has 2 atom stereocenters. The summed E-state index contributed by atoms with van der Waals surface area (Å²) < 4.78 is 16.7. The maximum atomic E-state index is 13.6. The third kappa shape index (κ3) is 3.76. The maximum absolute atomic E-state index is 13.6. The van der Waals surface area contributed by atoms with Crippen LogP contribution in [0.5, 0.6) is 17.2 Å². The van der Waals surface area contributed by atoms with Gasteiger partial charge in [-0.15, -0.1) is 0 Å². The van der Waals surface area contributed by atoms with Gasteiger partial charge in [0.1, 0.15) is 22.1 Å². The topological polar surface area (TPSA) is 120 Å². The third-order valence-electron chi connectivity index (χ3n) is 6.36. The summed E-state index contributed by atoms with van der Waals surface area (Å²) in [5.74, 6) is -1.56. The van der Waals surface area contributed by atoms with Gasteiger partial charge >= 0.3 is 0 Å². The molecular formula is C25H26ClN3O6. The number of amides is 1. The van der Waals surface area contributed by atoms with Crippen molar-refractivity contribution in [2.24, 2.45) is 11.7 Å². The molecule has 0 fully saturated rings. The molecule has 35 heavy (non-hydrogen) atoms. The van der Waals surface area contributed by atoms with E-state index in [-0.39, 0.29) is 27.8 Å². The Balaban J connectivity index is 1.69. The van der Waals surface area contributed by atoms with Crippen LogP contribution in [0.15, 0.2) is 36.0 Å². The second-order valence-corrected chi connectivity index (χ2v) is 9.10. The maximum Gasteiger partial charge on any atom is 0.250 e. The van der Waals surface area contributed by atoms with Crippen molar-refractivity contribution in [3.05, 3.63) is 52.2 Å². The lowest BCUT2D eigenvalue weighted by Gasteiger charge is -2.35. The number of hydrogen-bond donors (Lipinski definition) is 2. The van der Waals surface area contributed by atoms with Gasteiger partial charge in [0, 0.05) is 49.2 Å². The molecule has 0 radical (unpaired) electrons. The number of nitrogens with zero attached hydrogens (tertiary/aromatic N) is 1. The van der Waals surface area contributed by atoms with E-state index >= 15 is 0 Å². The van der Waals surface area contributed by atoms with Crippen molar-refractivity contribution in [2.45, 2.75) is 18.9 Å². The highest BCUT2D eigenvalue weighted by Crippen LogP contribution is 2.53. The molecule has 10 heteroatoms. The van der Waals surface area contributed by atoms with Crippen LogP contribution in [0, 0.1) is 5.92 Å². The first-order valence-electron chi connectivity index (χ1n) is 10.9. The fourth-order valence-electron chi connectivity index (χ4n) is 4.60. The van der Waals surface area contributed by atoms with Crippen LogP contribution < -0.4 is 30.2 Å². The van der Waals surface area contributed by atoms with Crippen LogP contribution in [0.3, 0.4) is 0 Å². The lowest BCUT2D eigenvalue weighted by Crippen LogP contribution is -2.55. The molecule has 1 aliphatic carbocycles. The van der Waals surface area contributed by atoms with Crippen molar-refractivity contribution in [2.75, 3.05) is 38.5 Å². The third-order valence-corrected chi connectivity index (χ3v) is 6.72. The molecule has 9 nitrogen and oxygen atoms in total. The Labute approximate surface area is 207 Å². The molecule has 0 saturated heterocycles. The van der Waals surface area contributed by atoms with Crippen molar-refractivity contribution >= 4 is 40.4 Å². The number of ether oxygens (including phenoxy) is 3. The minimum atomic E-state index is -1.76. The highest BCUT2D eigenvalue weighted by molar-refractivity contribution is 6.36. The number of nitrogens with two attached hydrogens (primary N) is 1. The number of anilines is 2. The molecule has 2 aliphatic rings. The first-order chi connectivity index (χ1) is 16.5. The Bertz CT molecular complexity index is 1290. The van der Waals surface area contributed by atoms with Gasteiger partial charge in [-0.2, -0.15) is 0 Å². The highest BCUT2D eigenvalue weighted by atomic mass is 35.5. The summed E-state index contributed by atoms with van der Waals surface area (Å²) >= 11 is 6.42. The zero-order chi connectivity index (χ0) is 25.7. The Hall–Kier alpha value is -3.72. The minimum absolute atomic E-state index is 0.0725. The summed E-state index contributed by atoms with van der Waals surface area (Å²) in [4.78, 5) is 40.7. The largest absolute Gasteiger partial charge is 0.496 e. The average Bonchev–Trinajstić information content (AvgIpc) is 3.12. The van der Waals surface area contributed by atoms with Gasteiger partial charge in [-0.05, 0) is 24.6 Å². The van der Waals surface area contributed by atoms with Gasteiger partial charge < -0.3 is 30.2 Å². The van der Waals surface area contributed by atoms with Crippen LogP contribution in [0.2, 0.25) is 5.02 Å². The van der Waals surface area contributed by atoms with E-state index < -0.39 is 29.0 Å². The Morgan fingerprint density at radius 3 is 2.46 bits per heavy atom. The van der Waals surface area contributed by atoms with Crippen LogP contribution in [-0.2, 0) is 4.79 Å². The number of Topliss-reactive ketones (excluding diaryl/α,β-unsaturated/α-hetero) is 1. The molecule has 2 aromatic rings. The molecule has 1 aliphatic heterocycles. The van der Waals surface area contributed by atoms with Gasteiger partial charge in [-0.3, -0.25) is 14.4 Å². The van der Waals surface area contributed by atoms with E-state index in [4.69, 9.17) is 31.5 Å². The lowest BCUT2D eigenvalue weighted by molar-refractivity contribution is -0.129. The summed E-state index contributed by atoms with van der Waals surface area (Å²) in [7, 11) is 6.47. The first-order valence-corrected chi connectivity index (χ1v) is 11.2. The van der Waals surface area contributed by atoms with E-state index in [0.717, 1.165) is 0 Å². The molecule has 0 bridgehead atoms. The number of methoxy groups -OCH3 is 2. The SMILES string of the molecule is COc1cc(OC)c2c(c1Cl)OC1(C(=O)C=C(Nc3ccc(N(C)C)c(C(N)=O)c3)CC1C)C2=O. The fraction of sp³-hybridized carbons (Fsp3) is 0.320. The first kappa shape index (κ1) is 24.4. The summed E-state index contributed by atoms with van der Waals surface area (Å²) in [6, 6.07) is 6.67. The second kappa shape index (κ2) is 8.81. The Morgan fingerprint density at radius 1 is 1.20 bits per heavy atom. The average molecular weight is 500 g/mol. The molecule has 2 unspecified atom stereocenters. The summed E-state index contributed by atoms with van der Waals surface area (Å²) in [6.45, 7) is 1.76. The van der Waals surface area contributed by atoms with E-state index in [0.29, 0.717) is 29.1 Å². The molecule has 3 N–H and O–H groups in total. The number of ketones is 2. The predicted octanol–water partition coefficient (Wildman–Crippen LogP) is 3.44. The molecule has 0 aromatic heterocycles. The summed E-state index contributed by atoms with van der Waals surface area (Å²) in [6.07, 6.45) is 1.68. The van der Waals surface area contributed by atoms with Gasteiger partial charge in [0.05, 0.1) is 19.8 Å².